The molecule has 2 aromatic carbocycles. The number of hydrogen-bond donors (Lipinski definition) is 2. The summed E-state index contributed by atoms with van der Waals surface area (Å²) < 4.78 is 32.1. The molecule has 6 nitrogen and oxygen atoms in total. The van der Waals surface area contributed by atoms with Gasteiger partial charge in [0.15, 0.2) is 11.6 Å². The fourth-order valence-electron chi connectivity index (χ4n) is 2.40. The van der Waals surface area contributed by atoms with Crippen molar-refractivity contribution in [2.24, 2.45) is 0 Å². The summed E-state index contributed by atoms with van der Waals surface area (Å²) in [5.41, 5.74) is 6.30. The van der Waals surface area contributed by atoms with Gasteiger partial charge in [0.05, 0.1) is 10.5 Å². The van der Waals surface area contributed by atoms with Crippen molar-refractivity contribution in [3.05, 3.63) is 56.2 Å². The van der Waals surface area contributed by atoms with Crippen LogP contribution in [0.1, 0.15) is 31.8 Å². The molecule has 22 heavy (non-hydrogen) atoms. The summed E-state index contributed by atoms with van der Waals surface area (Å²) >= 11 is 1.91. The monoisotopic (exact) mass is 429 g/mol. The molecule has 1 aliphatic carbocycles. The Labute approximate surface area is 139 Å². The highest BCUT2D eigenvalue weighted by atomic mass is 127. The SMILES string of the molecule is Nc1ccc(I)c2c1C(=O)c1ccc(S(=O)(=O)O)cc1C2=O. The number of halogens is 1. The van der Waals surface area contributed by atoms with Crippen molar-refractivity contribution in [3.8, 4) is 0 Å². The van der Waals surface area contributed by atoms with Gasteiger partial charge in [-0.15, -0.1) is 0 Å². The number of fused-ring (bicyclic) bond motifs is 2. The zero-order valence-electron chi connectivity index (χ0n) is 10.8. The van der Waals surface area contributed by atoms with Gasteiger partial charge in [-0.1, -0.05) is 0 Å². The first-order chi connectivity index (χ1) is 10.2. The first-order valence-electron chi connectivity index (χ1n) is 6.00. The number of hydrogen-bond acceptors (Lipinski definition) is 5. The third-order valence-corrected chi connectivity index (χ3v) is 5.17. The van der Waals surface area contributed by atoms with Gasteiger partial charge in [-0.3, -0.25) is 14.1 Å². The van der Waals surface area contributed by atoms with Gasteiger partial charge in [0, 0.05) is 25.9 Å². The number of anilines is 1. The van der Waals surface area contributed by atoms with Gasteiger partial charge in [-0.05, 0) is 52.9 Å². The Kier molecular flexibility index (Phi) is 3.34. The summed E-state index contributed by atoms with van der Waals surface area (Å²) in [4.78, 5) is 24.7. The second-order valence-electron chi connectivity index (χ2n) is 4.73. The number of benzene rings is 2. The van der Waals surface area contributed by atoms with E-state index in [9.17, 15) is 18.0 Å². The van der Waals surface area contributed by atoms with E-state index in [0.29, 0.717) is 3.57 Å². The molecule has 0 unspecified atom stereocenters. The summed E-state index contributed by atoms with van der Waals surface area (Å²) in [6.07, 6.45) is 0. The summed E-state index contributed by atoms with van der Waals surface area (Å²) in [5.74, 6) is -0.936. The smallest absolute Gasteiger partial charge is 0.294 e. The molecule has 0 radical (unpaired) electrons. The van der Waals surface area contributed by atoms with Crippen LogP contribution < -0.4 is 5.73 Å². The van der Waals surface area contributed by atoms with E-state index in [1.165, 1.54) is 6.07 Å². The lowest BCUT2D eigenvalue weighted by Gasteiger charge is -2.20. The molecule has 0 heterocycles. The van der Waals surface area contributed by atoms with E-state index < -0.39 is 26.6 Å². The number of carbonyl (C=O) groups is 2. The first-order valence-corrected chi connectivity index (χ1v) is 8.52. The Morgan fingerprint density at radius 2 is 1.59 bits per heavy atom. The average molecular weight is 429 g/mol. The zero-order chi connectivity index (χ0) is 16.2. The van der Waals surface area contributed by atoms with E-state index in [-0.39, 0.29) is 27.9 Å². The normalized spacial score (nSPS) is 13.7. The average Bonchev–Trinajstić information content (AvgIpc) is 2.45. The molecule has 0 bridgehead atoms. The highest BCUT2D eigenvalue weighted by molar-refractivity contribution is 14.1. The molecular weight excluding hydrogens is 421 g/mol. The largest absolute Gasteiger partial charge is 0.398 e. The maximum atomic E-state index is 12.6. The van der Waals surface area contributed by atoms with Crippen LogP contribution in [0.25, 0.3) is 0 Å². The van der Waals surface area contributed by atoms with Crippen molar-refractivity contribution in [2.75, 3.05) is 5.73 Å². The highest BCUT2D eigenvalue weighted by Gasteiger charge is 2.33. The summed E-state index contributed by atoms with van der Waals surface area (Å²) in [5, 5.41) is 0. The molecule has 8 heteroatoms. The Morgan fingerprint density at radius 1 is 0.955 bits per heavy atom. The molecule has 0 saturated heterocycles. The maximum absolute atomic E-state index is 12.6. The molecule has 0 aliphatic heterocycles. The lowest BCUT2D eigenvalue weighted by molar-refractivity contribution is 0.0979. The molecule has 112 valence electrons. The molecule has 0 fully saturated rings. The zero-order valence-corrected chi connectivity index (χ0v) is 13.8. The number of ketones is 2. The van der Waals surface area contributed by atoms with Crippen molar-refractivity contribution in [1.82, 2.24) is 0 Å². The van der Waals surface area contributed by atoms with Crippen LogP contribution in [0.2, 0.25) is 0 Å². The van der Waals surface area contributed by atoms with E-state index in [0.717, 1.165) is 12.1 Å². The van der Waals surface area contributed by atoms with E-state index in [1.54, 1.807) is 12.1 Å². The number of rotatable bonds is 1. The predicted octanol–water partition coefficient (Wildman–Crippen LogP) is 1.90. The van der Waals surface area contributed by atoms with Crippen LogP contribution in [0.4, 0.5) is 5.69 Å². The van der Waals surface area contributed by atoms with Crippen LogP contribution in [0.15, 0.2) is 35.2 Å². The van der Waals surface area contributed by atoms with Crippen LogP contribution in [0.3, 0.4) is 0 Å². The molecule has 0 aromatic heterocycles. The van der Waals surface area contributed by atoms with Gasteiger partial charge in [0.2, 0.25) is 0 Å². The molecule has 0 amide bonds. The maximum Gasteiger partial charge on any atom is 0.294 e. The van der Waals surface area contributed by atoms with Crippen molar-refractivity contribution >= 4 is 50.0 Å². The van der Waals surface area contributed by atoms with E-state index in [2.05, 4.69) is 0 Å². The van der Waals surface area contributed by atoms with Gasteiger partial charge >= 0.3 is 0 Å². The number of carbonyl (C=O) groups excluding carboxylic acids is 2. The fourth-order valence-corrected chi connectivity index (χ4v) is 3.60. The topological polar surface area (TPSA) is 115 Å². The van der Waals surface area contributed by atoms with Gasteiger partial charge in [-0.25, -0.2) is 0 Å². The lowest BCUT2D eigenvalue weighted by atomic mass is 9.83. The molecule has 2 aromatic rings. The fraction of sp³-hybridized carbons (Fsp3) is 0. The molecule has 3 rings (SSSR count). The van der Waals surface area contributed by atoms with Gasteiger partial charge < -0.3 is 5.73 Å². The van der Waals surface area contributed by atoms with Crippen molar-refractivity contribution in [1.29, 1.82) is 0 Å². The minimum atomic E-state index is -4.46. The lowest BCUT2D eigenvalue weighted by Crippen LogP contribution is -2.24. The van der Waals surface area contributed by atoms with Crippen molar-refractivity contribution < 1.29 is 22.6 Å². The van der Waals surface area contributed by atoms with Crippen LogP contribution in [-0.4, -0.2) is 24.5 Å². The van der Waals surface area contributed by atoms with Crippen LogP contribution in [0, 0.1) is 3.57 Å². The second kappa shape index (κ2) is 4.86. The van der Waals surface area contributed by atoms with E-state index in [1.807, 2.05) is 22.6 Å². The van der Waals surface area contributed by atoms with Gasteiger partial charge in [0.25, 0.3) is 10.1 Å². The van der Waals surface area contributed by atoms with Crippen LogP contribution in [0.5, 0.6) is 0 Å². The Morgan fingerprint density at radius 3 is 2.23 bits per heavy atom. The van der Waals surface area contributed by atoms with Gasteiger partial charge in [-0.2, -0.15) is 8.42 Å². The second-order valence-corrected chi connectivity index (χ2v) is 7.31. The summed E-state index contributed by atoms with van der Waals surface area (Å²) in [6, 6.07) is 6.45. The summed E-state index contributed by atoms with van der Waals surface area (Å²) in [6.45, 7) is 0. The highest BCUT2D eigenvalue weighted by Crippen LogP contribution is 2.34. The Bertz CT molecular complexity index is 965. The molecule has 1 aliphatic rings. The first kappa shape index (κ1) is 15.1. The summed E-state index contributed by atoms with van der Waals surface area (Å²) in [7, 11) is -4.46. The minimum Gasteiger partial charge on any atom is -0.398 e. The van der Waals surface area contributed by atoms with Crippen LogP contribution in [-0.2, 0) is 10.1 Å². The number of nitrogens with two attached hydrogens (primary N) is 1. The molecule has 3 N–H and O–H groups in total. The molecule has 0 saturated carbocycles. The quantitative estimate of drug-likeness (QED) is 0.347. The minimum absolute atomic E-state index is 0.0591. The predicted molar refractivity (Wildman–Crippen MR) is 86.7 cm³/mol. The Balaban J connectivity index is 2.35. The van der Waals surface area contributed by atoms with Crippen LogP contribution >= 0.6 is 22.6 Å². The molecule has 0 atom stereocenters. The molecule has 0 spiro atoms. The standard InChI is InChI=1S/C14H8INO5S/c15-9-3-4-10(16)12-11(9)14(18)8-5-6(22(19,20)21)1-2-7(8)13(12)17/h1-5H,16H2,(H,19,20,21). The van der Waals surface area contributed by atoms with Gasteiger partial charge in [0.1, 0.15) is 0 Å². The van der Waals surface area contributed by atoms with E-state index in [4.69, 9.17) is 10.3 Å². The molecular formula is C14H8INO5S. The Hall–Kier alpha value is -1.78. The third-order valence-electron chi connectivity index (χ3n) is 3.42. The van der Waals surface area contributed by atoms with Crippen molar-refractivity contribution in [3.63, 3.8) is 0 Å². The number of nitrogen functional groups attached to an aromatic ring is 1. The van der Waals surface area contributed by atoms with Crippen molar-refractivity contribution in [2.45, 2.75) is 4.90 Å². The third kappa shape index (κ3) is 2.14. The van der Waals surface area contributed by atoms with E-state index >= 15 is 0 Å².